The van der Waals surface area contributed by atoms with Gasteiger partial charge in [0.15, 0.2) is 5.58 Å². The lowest BCUT2D eigenvalue weighted by atomic mass is 10.0. The molecular weight excluding hydrogens is 629 g/mol. The SMILES string of the molecule is c1ccc(-n2c3ccccc3c3c(N(c4cccc5c4oc4ccccc45)c4cccc5sc6cc7ccccc7cc6c45)cccc32)cc1. The number of furan rings is 1. The van der Waals surface area contributed by atoms with Crippen LogP contribution in [0.15, 0.2) is 174 Å². The van der Waals surface area contributed by atoms with Crippen LogP contribution in [0.25, 0.3) is 80.4 Å². The first-order valence-electron chi connectivity index (χ1n) is 16.9. The molecule has 0 aliphatic heterocycles. The quantitative estimate of drug-likeness (QED) is 0.188. The van der Waals surface area contributed by atoms with E-state index in [1.54, 1.807) is 0 Å². The van der Waals surface area contributed by atoms with Crippen LogP contribution in [0.2, 0.25) is 0 Å². The molecule has 0 N–H and O–H groups in total. The Labute approximate surface area is 291 Å². The largest absolute Gasteiger partial charge is 0.454 e. The van der Waals surface area contributed by atoms with Crippen molar-refractivity contribution in [3.63, 3.8) is 0 Å². The van der Waals surface area contributed by atoms with Gasteiger partial charge in [-0.05, 0) is 77.5 Å². The van der Waals surface area contributed by atoms with Gasteiger partial charge in [0.1, 0.15) is 5.58 Å². The van der Waals surface area contributed by atoms with E-state index >= 15 is 0 Å². The van der Waals surface area contributed by atoms with Crippen molar-refractivity contribution >= 4 is 103 Å². The van der Waals surface area contributed by atoms with Crippen LogP contribution in [0.4, 0.5) is 17.1 Å². The van der Waals surface area contributed by atoms with Gasteiger partial charge in [0.2, 0.25) is 0 Å². The molecule has 4 heteroatoms. The standard InChI is InChI=1S/C46H28N2OS/c1-2-15-31(16-3-1)47-36-20-8-6-18-34(36)44-37(47)21-11-22-38(44)48(40-24-10-19-33-32-17-7-9-25-41(32)49-46(33)40)39-23-12-26-42-45(39)35-27-29-13-4-5-14-30(29)28-43(35)50-42/h1-28H. The normalized spacial score (nSPS) is 12.0. The molecule has 0 fully saturated rings. The summed E-state index contributed by atoms with van der Waals surface area (Å²) in [5.41, 5.74) is 8.47. The minimum atomic E-state index is 0.875. The zero-order valence-corrected chi connectivity index (χ0v) is 27.7. The van der Waals surface area contributed by atoms with Crippen LogP contribution < -0.4 is 4.90 Å². The van der Waals surface area contributed by atoms with E-state index in [1.165, 1.54) is 47.2 Å². The van der Waals surface area contributed by atoms with Crippen LogP contribution in [-0.4, -0.2) is 4.57 Å². The number of rotatable bonds is 4. The summed E-state index contributed by atoms with van der Waals surface area (Å²) in [5.74, 6) is 0. The Morgan fingerprint density at radius 1 is 0.440 bits per heavy atom. The molecule has 3 nitrogen and oxygen atoms in total. The van der Waals surface area contributed by atoms with Crippen LogP contribution in [-0.2, 0) is 0 Å². The fourth-order valence-corrected chi connectivity index (χ4v) is 9.18. The molecule has 234 valence electrons. The average molecular weight is 657 g/mol. The smallest absolute Gasteiger partial charge is 0.159 e. The molecule has 0 aliphatic carbocycles. The van der Waals surface area contributed by atoms with Crippen LogP contribution >= 0.6 is 11.3 Å². The molecule has 11 rings (SSSR count). The van der Waals surface area contributed by atoms with E-state index in [4.69, 9.17) is 4.42 Å². The summed E-state index contributed by atoms with van der Waals surface area (Å²) in [6.07, 6.45) is 0. The van der Waals surface area contributed by atoms with Crippen molar-refractivity contribution in [2.75, 3.05) is 4.90 Å². The lowest BCUT2D eigenvalue weighted by Crippen LogP contribution is -2.11. The lowest BCUT2D eigenvalue weighted by Gasteiger charge is -2.27. The van der Waals surface area contributed by atoms with Crippen LogP contribution in [0, 0.1) is 0 Å². The van der Waals surface area contributed by atoms with Crippen LogP contribution in [0.1, 0.15) is 0 Å². The molecule has 3 aromatic heterocycles. The third kappa shape index (κ3) is 3.91. The number of hydrogen-bond donors (Lipinski definition) is 0. The highest BCUT2D eigenvalue weighted by atomic mass is 32.1. The van der Waals surface area contributed by atoms with E-state index in [0.717, 1.165) is 50.2 Å². The first-order valence-corrected chi connectivity index (χ1v) is 17.8. The second-order valence-corrected chi connectivity index (χ2v) is 14.0. The topological polar surface area (TPSA) is 21.3 Å². The maximum absolute atomic E-state index is 6.78. The third-order valence-electron chi connectivity index (χ3n) is 10.1. The Morgan fingerprint density at radius 2 is 1.08 bits per heavy atom. The van der Waals surface area contributed by atoms with E-state index in [0.29, 0.717) is 0 Å². The zero-order chi connectivity index (χ0) is 32.8. The van der Waals surface area contributed by atoms with E-state index in [1.807, 2.05) is 17.4 Å². The number of fused-ring (bicyclic) bond motifs is 10. The molecule has 0 aliphatic rings. The number of benzene rings is 8. The molecule has 11 aromatic rings. The van der Waals surface area contributed by atoms with Crippen molar-refractivity contribution in [1.82, 2.24) is 4.57 Å². The van der Waals surface area contributed by atoms with Crippen molar-refractivity contribution < 1.29 is 4.42 Å². The molecule has 8 aromatic carbocycles. The molecule has 0 bridgehead atoms. The Kier molecular flexibility index (Phi) is 5.83. The Morgan fingerprint density at radius 3 is 1.96 bits per heavy atom. The van der Waals surface area contributed by atoms with Gasteiger partial charge >= 0.3 is 0 Å². The number of aromatic nitrogens is 1. The fourth-order valence-electron chi connectivity index (χ4n) is 8.02. The lowest BCUT2D eigenvalue weighted by molar-refractivity contribution is 0.669. The molecule has 50 heavy (non-hydrogen) atoms. The number of anilines is 3. The van der Waals surface area contributed by atoms with E-state index < -0.39 is 0 Å². The van der Waals surface area contributed by atoms with Gasteiger partial charge in [-0.25, -0.2) is 0 Å². The minimum Gasteiger partial charge on any atom is -0.454 e. The molecule has 0 unspecified atom stereocenters. The Balaban J connectivity index is 1.31. The van der Waals surface area contributed by atoms with Gasteiger partial charge in [0, 0.05) is 47.4 Å². The fraction of sp³-hybridized carbons (Fsp3) is 0. The third-order valence-corrected chi connectivity index (χ3v) is 11.3. The minimum absolute atomic E-state index is 0.875. The number of thiophene rings is 1. The highest BCUT2D eigenvalue weighted by molar-refractivity contribution is 7.26. The predicted molar refractivity (Wildman–Crippen MR) is 213 cm³/mol. The number of hydrogen-bond acceptors (Lipinski definition) is 3. The summed E-state index contributed by atoms with van der Waals surface area (Å²) in [7, 11) is 0. The van der Waals surface area contributed by atoms with Gasteiger partial charge in [0.25, 0.3) is 0 Å². The van der Waals surface area contributed by atoms with Crippen molar-refractivity contribution in [3.05, 3.63) is 170 Å². The van der Waals surface area contributed by atoms with E-state index in [2.05, 4.69) is 173 Å². The van der Waals surface area contributed by atoms with Gasteiger partial charge < -0.3 is 13.9 Å². The average Bonchev–Trinajstić information content (AvgIpc) is 3.84. The van der Waals surface area contributed by atoms with Crippen molar-refractivity contribution in [1.29, 1.82) is 0 Å². The van der Waals surface area contributed by atoms with Crippen molar-refractivity contribution in [2.24, 2.45) is 0 Å². The summed E-state index contributed by atoms with van der Waals surface area (Å²) in [4.78, 5) is 2.46. The molecule has 3 heterocycles. The highest BCUT2D eigenvalue weighted by Crippen LogP contribution is 2.50. The first kappa shape index (κ1) is 27.6. The molecule has 0 spiro atoms. The van der Waals surface area contributed by atoms with Gasteiger partial charge in [-0.15, -0.1) is 11.3 Å². The van der Waals surface area contributed by atoms with Gasteiger partial charge in [-0.3, -0.25) is 0 Å². The number of para-hydroxylation sites is 4. The summed E-state index contributed by atoms with van der Waals surface area (Å²) in [5, 5.41) is 9.64. The van der Waals surface area contributed by atoms with Crippen LogP contribution in [0.3, 0.4) is 0 Å². The molecule has 0 saturated heterocycles. The highest BCUT2D eigenvalue weighted by Gasteiger charge is 2.26. The summed E-state index contributed by atoms with van der Waals surface area (Å²) in [6.45, 7) is 0. The predicted octanol–water partition coefficient (Wildman–Crippen LogP) is 13.7. The molecule has 0 radical (unpaired) electrons. The van der Waals surface area contributed by atoms with Crippen molar-refractivity contribution in [2.45, 2.75) is 0 Å². The monoisotopic (exact) mass is 656 g/mol. The van der Waals surface area contributed by atoms with Crippen molar-refractivity contribution in [3.8, 4) is 5.69 Å². The zero-order valence-electron chi connectivity index (χ0n) is 26.9. The van der Waals surface area contributed by atoms with Gasteiger partial charge in [-0.2, -0.15) is 0 Å². The maximum atomic E-state index is 6.78. The van der Waals surface area contributed by atoms with E-state index in [-0.39, 0.29) is 0 Å². The summed E-state index contributed by atoms with van der Waals surface area (Å²) < 4.78 is 11.7. The Hall–Kier alpha value is -6.36. The Bertz CT molecular complexity index is 3110. The van der Waals surface area contributed by atoms with Crippen LogP contribution in [0.5, 0.6) is 0 Å². The van der Waals surface area contributed by atoms with Gasteiger partial charge in [0.05, 0.1) is 28.1 Å². The summed E-state index contributed by atoms with van der Waals surface area (Å²) in [6, 6.07) is 61.2. The van der Waals surface area contributed by atoms with Gasteiger partial charge in [-0.1, -0.05) is 103 Å². The maximum Gasteiger partial charge on any atom is 0.159 e. The van der Waals surface area contributed by atoms with E-state index in [9.17, 15) is 0 Å². The second-order valence-electron chi connectivity index (χ2n) is 12.9. The molecule has 0 amide bonds. The number of nitrogens with zero attached hydrogens (tertiary/aromatic N) is 2. The molecular formula is C46H28N2OS. The molecule has 0 atom stereocenters. The molecule has 0 saturated carbocycles. The first-order chi connectivity index (χ1) is 24.8. The second kappa shape index (κ2) is 10.6. The summed E-state index contributed by atoms with van der Waals surface area (Å²) >= 11 is 1.86.